The summed E-state index contributed by atoms with van der Waals surface area (Å²) in [4.78, 5) is 28.1. The van der Waals surface area contributed by atoms with E-state index in [0.717, 1.165) is 28.6 Å². The minimum Gasteiger partial charge on any atom is -0.350 e. The van der Waals surface area contributed by atoms with Gasteiger partial charge in [-0.1, -0.05) is 40.2 Å². The van der Waals surface area contributed by atoms with Crippen LogP contribution in [-0.2, 0) is 32.5 Å². The summed E-state index contributed by atoms with van der Waals surface area (Å²) in [5.74, 6) is -1.15. The second-order valence-corrected chi connectivity index (χ2v) is 13.6. The van der Waals surface area contributed by atoms with Crippen LogP contribution in [0.25, 0.3) is 0 Å². The fraction of sp³-hybridized carbons (Fsp3) is 0.500. The third-order valence-electron chi connectivity index (χ3n) is 8.15. The Balaban J connectivity index is 1.20. The third-order valence-corrected chi connectivity index (χ3v) is 10.7. The van der Waals surface area contributed by atoms with Crippen LogP contribution in [0.2, 0.25) is 0 Å². The normalized spacial score (nSPS) is 24.2. The van der Waals surface area contributed by atoms with Crippen molar-refractivity contribution in [1.82, 2.24) is 18.8 Å². The maximum Gasteiger partial charge on any atom is 0.416 e. The highest BCUT2D eigenvalue weighted by Gasteiger charge is 2.45. The summed E-state index contributed by atoms with van der Waals surface area (Å²) in [5, 5.41) is 2.74. The Bertz CT molecular complexity index is 1390. The van der Waals surface area contributed by atoms with E-state index in [1.54, 1.807) is 0 Å². The summed E-state index contributed by atoms with van der Waals surface area (Å²) >= 11 is 3.45. The van der Waals surface area contributed by atoms with E-state index in [0.29, 0.717) is 50.9 Å². The van der Waals surface area contributed by atoms with E-state index in [1.165, 1.54) is 25.6 Å². The monoisotopic (exact) mass is 656 g/mol. The SMILES string of the molecule is O=C(NCc1ccc(C(F)(F)F)cc1)[C@H]1CCCN1C(=O)[C@H]1CCCN(S(=O)(=O)N2CCC2c2cccc(Br)c2)C1. The van der Waals surface area contributed by atoms with E-state index < -0.39 is 33.9 Å². The number of nitrogens with one attached hydrogen (secondary N) is 1. The number of rotatable bonds is 7. The van der Waals surface area contributed by atoms with Crippen molar-refractivity contribution in [2.75, 3.05) is 26.2 Å². The largest absolute Gasteiger partial charge is 0.416 e. The van der Waals surface area contributed by atoms with Crippen LogP contribution in [0.4, 0.5) is 13.2 Å². The fourth-order valence-corrected chi connectivity index (χ4v) is 8.17. The lowest BCUT2D eigenvalue weighted by Gasteiger charge is -2.44. The fourth-order valence-electron chi connectivity index (χ4n) is 5.84. The molecule has 0 aromatic heterocycles. The number of halogens is 4. The van der Waals surface area contributed by atoms with E-state index in [4.69, 9.17) is 0 Å². The summed E-state index contributed by atoms with van der Waals surface area (Å²) in [7, 11) is -3.78. The molecular formula is C28H32BrF3N4O4S. The quantitative estimate of drug-likeness (QED) is 0.476. The molecule has 5 rings (SSSR count). The number of amides is 2. The van der Waals surface area contributed by atoms with Crippen LogP contribution in [-0.4, -0.2) is 66.0 Å². The Morgan fingerprint density at radius 3 is 2.37 bits per heavy atom. The number of carbonyl (C=O) groups excluding carboxylic acids is 2. The Kier molecular flexibility index (Phi) is 8.79. The molecule has 0 saturated carbocycles. The molecule has 3 saturated heterocycles. The standard InChI is InChI=1S/C28H32BrF3N4O4S/c29-23-6-1-4-20(16-23)24-12-15-36(24)41(39,40)34-13-2-5-21(18-34)27(38)35-14-3-7-25(35)26(37)33-17-19-8-10-22(11-9-19)28(30,31)32/h1,4,6,8-11,16,21,24-25H,2-3,5,7,12-15,17-18H2,(H,33,37)/t21-,24?,25+/m0/s1. The van der Waals surface area contributed by atoms with Gasteiger partial charge in [0, 0.05) is 37.2 Å². The molecule has 3 aliphatic rings. The number of likely N-dealkylation sites (tertiary alicyclic amines) is 1. The highest BCUT2D eigenvalue weighted by Crippen LogP contribution is 2.39. The molecule has 3 heterocycles. The van der Waals surface area contributed by atoms with Gasteiger partial charge in [-0.2, -0.15) is 30.2 Å². The van der Waals surface area contributed by atoms with Crippen LogP contribution >= 0.6 is 15.9 Å². The molecule has 2 aromatic carbocycles. The van der Waals surface area contributed by atoms with Crippen molar-refractivity contribution in [3.05, 3.63) is 69.7 Å². The number of carbonyl (C=O) groups is 2. The number of benzene rings is 2. The minimum absolute atomic E-state index is 0.0416. The highest BCUT2D eigenvalue weighted by molar-refractivity contribution is 9.10. The average molecular weight is 658 g/mol. The first-order valence-corrected chi connectivity index (χ1v) is 15.9. The molecule has 1 N–H and O–H groups in total. The molecule has 0 spiro atoms. The molecule has 3 aliphatic heterocycles. The summed E-state index contributed by atoms with van der Waals surface area (Å²) in [6.45, 7) is 1.27. The lowest BCUT2D eigenvalue weighted by molar-refractivity contribution is -0.142. The van der Waals surface area contributed by atoms with Gasteiger partial charge in [-0.05, 0) is 67.5 Å². The third kappa shape index (κ3) is 6.47. The first-order chi connectivity index (χ1) is 19.4. The van der Waals surface area contributed by atoms with Gasteiger partial charge in [-0.15, -0.1) is 0 Å². The van der Waals surface area contributed by atoms with Gasteiger partial charge in [0.05, 0.1) is 17.5 Å². The second-order valence-electron chi connectivity index (χ2n) is 10.8. The van der Waals surface area contributed by atoms with Crippen molar-refractivity contribution < 1.29 is 31.2 Å². The first-order valence-electron chi connectivity index (χ1n) is 13.7. The van der Waals surface area contributed by atoms with Gasteiger partial charge < -0.3 is 10.2 Å². The van der Waals surface area contributed by atoms with Crippen molar-refractivity contribution in [3.8, 4) is 0 Å². The molecule has 3 atom stereocenters. The number of alkyl halides is 3. The van der Waals surface area contributed by atoms with E-state index in [1.807, 2.05) is 24.3 Å². The van der Waals surface area contributed by atoms with Crippen LogP contribution in [0.3, 0.4) is 0 Å². The van der Waals surface area contributed by atoms with Crippen molar-refractivity contribution in [1.29, 1.82) is 0 Å². The van der Waals surface area contributed by atoms with Crippen LogP contribution in [0.15, 0.2) is 53.0 Å². The average Bonchev–Trinajstić information content (AvgIpc) is 3.40. The lowest BCUT2D eigenvalue weighted by atomic mass is 9.97. The molecule has 2 aromatic rings. The van der Waals surface area contributed by atoms with Crippen molar-refractivity contribution in [2.45, 2.75) is 56.9 Å². The molecule has 0 aliphatic carbocycles. The Morgan fingerprint density at radius 2 is 1.71 bits per heavy atom. The molecule has 1 unspecified atom stereocenters. The van der Waals surface area contributed by atoms with Gasteiger partial charge in [-0.3, -0.25) is 9.59 Å². The van der Waals surface area contributed by atoms with Crippen molar-refractivity contribution in [3.63, 3.8) is 0 Å². The predicted molar refractivity (Wildman–Crippen MR) is 149 cm³/mol. The zero-order valence-electron chi connectivity index (χ0n) is 22.3. The predicted octanol–water partition coefficient (Wildman–Crippen LogP) is 4.48. The summed E-state index contributed by atoms with van der Waals surface area (Å²) in [6.07, 6.45) is -1.51. The molecule has 8 nitrogen and oxygen atoms in total. The van der Waals surface area contributed by atoms with Crippen LogP contribution in [0, 0.1) is 5.92 Å². The number of piperidine rings is 1. The smallest absolute Gasteiger partial charge is 0.350 e. The van der Waals surface area contributed by atoms with Crippen LogP contribution in [0.1, 0.15) is 54.8 Å². The van der Waals surface area contributed by atoms with Crippen LogP contribution in [0.5, 0.6) is 0 Å². The van der Waals surface area contributed by atoms with Gasteiger partial charge >= 0.3 is 6.18 Å². The Hall–Kier alpha value is -2.48. The molecule has 0 bridgehead atoms. The number of hydrogen-bond acceptors (Lipinski definition) is 4. The minimum atomic E-state index is -4.43. The molecule has 3 fully saturated rings. The lowest BCUT2D eigenvalue weighted by Crippen LogP contribution is -2.56. The summed E-state index contributed by atoms with van der Waals surface area (Å²) in [5.41, 5.74) is 0.671. The maximum atomic E-state index is 13.6. The van der Waals surface area contributed by atoms with Gasteiger partial charge in [0.25, 0.3) is 10.2 Å². The zero-order chi connectivity index (χ0) is 29.4. The molecule has 13 heteroatoms. The van der Waals surface area contributed by atoms with Gasteiger partial charge in [0.15, 0.2) is 0 Å². The van der Waals surface area contributed by atoms with Crippen molar-refractivity contribution >= 4 is 38.0 Å². The number of hydrogen-bond donors (Lipinski definition) is 1. The van der Waals surface area contributed by atoms with E-state index in [9.17, 15) is 31.2 Å². The molecule has 0 radical (unpaired) electrons. The summed E-state index contributed by atoms with van der Waals surface area (Å²) < 4.78 is 69.4. The first kappa shape index (κ1) is 30.0. The Labute approximate surface area is 246 Å². The van der Waals surface area contributed by atoms with Gasteiger partial charge in [0.2, 0.25) is 11.8 Å². The molecule has 41 heavy (non-hydrogen) atoms. The van der Waals surface area contributed by atoms with Gasteiger partial charge in [0.1, 0.15) is 6.04 Å². The number of nitrogens with zero attached hydrogens (tertiary/aromatic N) is 3. The topological polar surface area (TPSA) is 90.0 Å². The van der Waals surface area contributed by atoms with Crippen LogP contribution < -0.4 is 5.32 Å². The zero-order valence-corrected chi connectivity index (χ0v) is 24.7. The Morgan fingerprint density at radius 1 is 0.976 bits per heavy atom. The van der Waals surface area contributed by atoms with E-state index in [-0.39, 0.29) is 30.9 Å². The second kappa shape index (κ2) is 12.0. The summed E-state index contributed by atoms with van der Waals surface area (Å²) in [6, 6.07) is 11.2. The molecular weight excluding hydrogens is 625 g/mol. The van der Waals surface area contributed by atoms with Gasteiger partial charge in [-0.25, -0.2) is 0 Å². The maximum absolute atomic E-state index is 13.6. The van der Waals surface area contributed by atoms with Crippen molar-refractivity contribution in [2.24, 2.45) is 5.92 Å². The highest BCUT2D eigenvalue weighted by atomic mass is 79.9. The molecule has 2 amide bonds. The molecule has 222 valence electrons. The van der Waals surface area contributed by atoms with E-state index >= 15 is 0 Å². The van der Waals surface area contributed by atoms with E-state index in [2.05, 4.69) is 21.2 Å².